The minimum Gasteiger partial charge on any atom is -0.447 e. The summed E-state index contributed by atoms with van der Waals surface area (Å²) in [4.78, 5) is 45.1. The van der Waals surface area contributed by atoms with E-state index in [0.717, 1.165) is 0 Å². The number of nitrogens with one attached hydrogen (secondary N) is 1. The number of H-pyrrole nitrogens is 1. The van der Waals surface area contributed by atoms with Gasteiger partial charge < -0.3 is 19.3 Å². The van der Waals surface area contributed by atoms with E-state index in [2.05, 4.69) is 24.3 Å². The molecule has 0 saturated heterocycles. The molecule has 0 aliphatic heterocycles. The van der Waals surface area contributed by atoms with Gasteiger partial charge in [0.1, 0.15) is 0 Å². The maximum atomic E-state index is 11.6. The topological polar surface area (TPSA) is 111 Å². The van der Waals surface area contributed by atoms with Crippen molar-refractivity contribution >= 4 is 18.2 Å². The number of amides is 2. The number of hydroxylamine groups is 2. The molecule has 19 heavy (non-hydrogen) atoms. The minimum absolute atomic E-state index is 0.00698. The summed E-state index contributed by atoms with van der Waals surface area (Å²) in [5.41, 5.74) is 0. The summed E-state index contributed by atoms with van der Waals surface area (Å²) in [7, 11) is 0. The van der Waals surface area contributed by atoms with Gasteiger partial charge in [-0.1, -0.05) is 0 Å². The molecule has 104 valence electrons. The van der Waals surface area contributed by atoms with Crippen molar-refractivity contribution in [3.8, 4) is 0 Å². The molecule has 0 bridgehead atoms. The highest BCUT2D eigenvalue weighted by atomic mass is 16.8. The molecule has 0 saturated carbocycles. The van der Waals surface area contributed by atoms with Crippen LogP contribution in [0.2, 0.25) is 0 Å². The fraction of sp³-hybridized carbons (Fsp3) is 0.400. The number of aromatic amines is 1. The van der Waals surface area contributed by atoms with Gasteiger partial charge in [-0.2, -0.15) is 0 Å². The predicted octanol–water partition coefficient (Wildman–Crippen LogP) is 1.10. The van der Waals surface area contributed by atoms with Crippen molar-refractivity contribution in [2.75, 3.05) is 13.2 Å². The molecule has 9 heteroatoms. The summed E-state index contributed by atoms with van der Waals surface area (Å²) < 4.78 is 9.14. The molecule has 1 aromatic heterocycles. The van der Waals surface area contributed by atoms with E-state index in [-0.39, 0.29) is 24.1 Å². The summed E-state index contributed by atoms with van der Waals surface area (Å²) in [5, 5.41) is 0.0951. The van der Waals surface area contributed by atoms with Crippen molar-refractivity contribution in [1.29, 1.82) is 0 Å². The Labute approximate surface area is 108 Å². The number of rotatable bonds is 3. The van der Waals surface area contributed by atoms with Crippen molar-refractivity contribution in [2.45, 2.75) is 13.8 Å². The van der Waals surface area contributed by atoms with E-state index < -0.39 is 18.2 Å². The van der Waals surface area contributed by atoms with Crippen molar-refractivity contribution in [2.24, 2.45) is 0 Å². The number of ether oxygens (including phenoxy) is 2. The highest BCUT2D eigenvalue weighted by Gasteiger charge is 2.30. The van der Waals surface area contributed by atoms with Crippen LogP contribution in [-0.2, 0) is 14.3 Å². The number of carbonyl (C=O) groups is 3. The van der Waals surface area contributed by atoms with Crippen molar-refractivity contribution < 1.29 is 28.7 Å². The first-order valence-electron chi connectivity index (χ1n) is 5.45. The second-order valence-corrected chi connectivity index (χ2v) is 3.01. The fourth-order valence-electron chi connectivity index (χ4n) is 1.02. The fourth-order valence-corrected chi connectivity index (χ4v) is 1.02. The molecule has 0 atom stereocenters. The average molecular weight is 271 g/mol. The molecule has 9 nitrogen and oxygen atoms in total. The lowest BCUT2D eigenvalue weighted by molar-refractivity contribution is -0.0816. The molecule has 0 aliphatic carbocycles. The molecule has 1 heterocycles. The van der Waals surface area contributed by atoms with Crippen LogP contribution in [0.1, 0.15) is 24.5 Å². The zero-order valence-electron chi connectivity index (χ0n) is 10.4. The third kappa shape index (κ3) is 3.98. The second kappa shape index (κ2) is 6.99. The predicted molar refractivity (Wildman–Crippen MR) is 59.9 cm³/mol. The van der Waals surface area contributed by atoms with Gasteiger partial charge in [0.2, 0.25) is 5.82 Å². The lowest BCUT2D eigenvalue weighted by Crippen LogP contribution is -2.39. The Bertz CT molecular complexity index is 426. The quantitative estimate of drug-likeness (QED) is 0.819. The van der Waals surface area contributed by atoms with Crippen molar-refractivity contribution in [1.82, 2.24) is 15.0 Å². The molecule has 1 N–H and O–H groups in total. The molecule has 0 radical (unpaired) electrons. The second-order valence-electron chi connectivity index (χ2n) is 3.01. The largest absolute Gasteiger partial charge is 0.454 e. The smallest absolute Gasteiger partial charge is 0.447 e. The summed E-state index contributed by atoms with van der Waals surface area (Å²) in [6.45, 7) is 3.09. The summed E-state index contributed by atoms with van der Waals surface area (Å²) in [5.74, 6) is -1.19. The number of aromatic nitrogens is 2. The van der Waals surface area contributed by atoms with Gasteiger partial charge in [0.15, 0.2) is 0 Å². The van der Waals surface area contributed by atoms with Crippen molar-refractivity contribution in [3.05, 3.63) is 18.2 Å². The van der Waals surface area contributed by atoms with E-state index in [0.29, 0.717) is 0 Å². The maximum absolute atomic E-state index is 11.6. The minimum atomic E-state index is -1.15. The zero-order chi connectivity index (χ0) is 14.3. The van der Waals surface area contributed by atoms with E-state index in [4.69, 9.17) is 0 Å². The zero-order valence-corrected chi connectivity index (χ0v) is 10.4. The van der Waals surface area contributed by atoms with Crippen LogP contribution in [-0.4, -0.2) is 46.4 Å². The van der Waals surface area contributed by atoms with Crippen LogP contribution in [0.25, 0.3) is 0 Å². The maximum Gasteiger partial charge on any atom is 0.454 e. The first-order chi connectivity index (χ1) is 9.10. The molecule has 1 rings (SSSR count). The van der Waals surface area contributed by atoms with E-state index in [9.17, 15) is 14.4 Å². The number of hydrogen-bond acceptors (Lipinski definition) is 7. The van der Waals surface area contributed by atoms with Crippen LogP contribution in [0.5, 0.6) is 0 Å². The van der Waals surface area contributed by atoms with Gasteiger partial charge in [0.05, 0.1) is 13.2 Å². The molecule has 0 spiro atoms. The molecule has 0 aliphatic rings. The SMILES string of the molecule is CCOC(=O)N(OC(=O)c1ncc[nH]1)C(=O)OCC. The lowest BCUT2D eigenvalue weighted by atomic mass is 10.6. The van der Waals surface area contributed by atoms with Gasteiger partial charge in [-0.05, 0) is 18.9 Å². The van der Waals surface area contributed by atoms with Crippen LogP contribution >= 0.6 is 0 Å². The molecular formula is C10H13N3O6. The lowest BCUT2D eigenvalue weighted by Gasteiger charge is -2.16. The Morgan fingerprint density at radius 1 is 1.21 bits per heavy atom. The Morgan fingerprint density at radius 2 is 1.79 bits per heavy atom. The Balaban J connectivity index is 2.76. The third-order valence-corrected chi connectivity index (χ3v) is 1.73. The van der Waals surface area contributed by atoms with Crippen LogP contribution in [0.3, 0.4) is 0 Å². The standard InChI is InChI=1S/C10H13N3O6/c1-3-17-9(15)13(10(16)18-4-2)19-8(14)7-11-5-6-12-7/h5-6H,3-4H2,1-2H3,(H,11,12). The number of hydrogen-bond donors (Lipinski definition) is 1. The van der Waals surface area contributed by atoms with E-state index >= 15 is 0 Å². The molecular weight excluding hydrogens is 258 g/mol. The number of nitrogens with zero attached hydrogens (tertiary/aromatic N) is 2. The highest BCUT2D eigenvalue weighted by molar-refractivity contribution is 5.91. The average Bonchev–Trinajstić information content (AvgIpc) is 2.90. The van der Waals surface area contributed by atoms with Gasteiger partial charge in [-0.25, -0.2) is 19.4 Å². The first kappa shape index (κ1) is 14.5. The summed E-state index contributed by atoms with van der Waals surface area (Å²) in [6.07, 6.45) is 0.396. The Hall–Kier alpha value is -2.58. The van der Waals surface area contributed by atoms with E-state index in [1.165, 1.54) is 26.2 Å². The normalized spacial score (nSPS) is 9.58. The van der Waals surface area contributed by atoms with Gasteiger partial charge >= 0.3 is 18.2 Å². The van der Waals surface area contributed by atoms with Crippen molar-refractivity contribution in [3.63, 3.8) is 0 Å². The molecule has 0 fully saturated rings. The monoisotopic (exact) mass is 271 g/mol. The van der Waals surface area contributed by atoms with Gasteiger partial charge in [0, 0.05) is 12.4 Å². The number of imidazole rings is 1. The van der Waals surface area contributed by atoms with Crippen LogP contribution in [0.4, 0.5) is 9.59 Å². The molecule has 2 amide bonds. The van der Waals surface area contributed by atoms with Crippen LogP contribution < -0.4 is 0 Å². The Morgan fingerprint density at radius 3 is 2.21 bits per heavy atom. The molecule has 0 unspecified atom stereocenters. The molecule has 0 aromatic carbocycles. The first-order valence-corrected chi connectivity index (χ1v) is 5.45. The van der Waals surface area contributed by atoms with E-state index in [1.54, 1.807) is 0 Å². The summed E-state index contributed by atoms with van der Waals surface area (Å²) in [6, 6.07) is 0. The van der Waals surface area contributed by atoms with Crippen LogP contribution in [0.15, 0.2) is 12.4 Å². The summed E-state index contributed by atoms with van der Waals surface area (Å²) >= 11 is 0. The number of imide groups is 1. The number of carbonyl (C=O) groups excluding carboxylic acids is 3. The highest BCUT2D eigenvalue weighted by Crippen LogP contribution is 2.04. The van der Waals surface area contributed by atoms with Gasteiger partial charge in [-0.15, -0.1) is 0 Å². The van der Waals surface area contributed by atoms with Crippen LogP contribution in [0, 0.1) is 0 Å². The van der Waals surface area contributed by atoms with Gasteiger partial charge in [-0.3, -0.25) is 0 Å². The molecule has 1 aromatic rings. The van der Waals surface area contributed by atoms with Gasteiger partial charge in [0.25, 0.3) is 0 Å². The van der Waals surface area contributed by atoms with E-state index in [1.807, 2.05) is 0 Å². The Kier molecular flexibility index (Phi) is 5.33. The third-order valence-electron chi connectivity index (χ3n) is 1.73.